The molecule has 1 aromatic heterocycles. The number of rotatable bonds is 11. The lowest BCUT2D eigenvalue weighted by Crippen LogP contribution is -2.32. The predicted molar refractivity (Wildman–Crippen MR) is 147 cm³/mol. The highest BCUT2D eigenvalue weighted by Crippen LogP contribution is 2.27. The second kappa shape index (κ2) is 13.1. The van der Waals surface area contributed by atoms with Crippen LogP contribution in [0.25, 0.3) is 0 Å². The van der Waals surface area contributed by atoms with Crippen molar-refractivity contribution >= 4 is 64.1 Å². The maximum atomic E-state index is 13.0. The molecule has 190 valence electrons. The Morgan fingerprint density at radius 2 is 1.78 bits per heavy atom. The quantitative estimate of drug-likeness (QED) is 0.200. The predicted octanol–water partition coefficient (Wildman–Crippen LogP) is 6.67. The first-order valence-electron chi connectivity index (χ1n) is 11.2. The van der Waals surface area contributed by atoms with Gasteiger partial charge in [-0.15, -0.1) is 16.8 Å². The first kappa shape index (κ1) is 28.1. The summed E-state index contributed by atoms with van der Waals surface area (Å²) in [7, 11) is 0. The molecular formula is C25H26Cl3N5O2S. The summed E-state index contributed by atoms with van der Waals surface area (Å²) in [5.41, 5.74) is 0.969. The van der Waals surface area contributed by atoms with Gasteiger partial charge in [0.1, 0.15) is 0 Å². The molecule has 1 heterocycles. The number of allylic oxidation sites excluding steroid dienone is 1. The number of nitrogens with zero attached hydrogens (tertiary/aromatic N) is 3. The minimum atomic E-state index is -0.436. The Hall–Kier alpha value is -2.52. The average molecular weight is 567 g/mol. The van der Waals surface area contributed by atoms with Gasteiger partial charge in [-0.3, -0.25) is 9.59 Å². The van der Waals surface area contributed by atoms with Crippen LogP contribution in [0.15, 0.2) is 60.3 Å². The van der Waals surface area contributed by atoms with Gasteiger partial charge >= 0.3 is 0 Å². The fourth-order valence-corrected chi connectivity index (χ4v) is 4.81. The van der Waals surface area contributed by atoms with Crippen LogP contribution in [0.2, 0.25) is 15.1 Å². The van der Waals surface area contributed by atoms with Crippen LogP contribution < -0.4 is 10.6 Å². The summed E-state index contributed by atoms with van der Waals surface area (Å²) < 4.78 is 1.85. The van der Waals surface area contributed by atoms with E-state index < -0.39 is 6.04 Å². The van der Waals surface area contributed by atoms with Gasteiger partial charge < -0.3 is 15.2 Å². The molecule has 0 aliphatic rings. The number of carbonyl (C=O) groups excluding carboxylic acids is 2. The standard InChI is InChI=1S/C25H26Cl3N5O2S/c1-4-11-33-23(21(12-15(2)3)30-24(35)19-10-7-17(27)13-20(19)28)31-32-25(33)36-14-22(34)29-18-8-5-16(26)6-9-18/h4-10,13,15,21H,1,11-12,14H2,2-3H3,(H,29,34)(H,30,35)/t21-/m1/s1. The van der Waals surface area contributed by atoms with Crippen LogP contribution in [0.5, 0.6) is 0 Å². The number of benzene rings is 2. The molecule has 0 fully saturated rings. The Labute approximate surface area is 229 Å². The van der Waals surface area contributed by atoms with Crippen molar-refractivity contribution in [1.82, 2.24) is 20.1 Å². The number of anilines is 1. The molecule has 0 bridgehead atoms. The molecule has 7 nitrogen and oxygen atoms in total. The van der Waals surface area contributed by atoms with E-state index in [9.17, 15) is 9.59 Å². The number of thioether (sulfide) groups is 1. The molecule has 2 N–H and O–H groups in total. The fraction of sp³-hybridized carbons (Fsp3) is 0.280. The molecule has 0 aliphatic heterocycles. The van der Waals surface area contributed by atoms with Crippen LogP contribution in [0.3, 0.4) is 0 Å². The van der Waals surface area contributed by atoms with Crippen molar-refractivity contribution < 1.29 is 9.59 Å². The largest absolute Gasteiger partial charge is 0.342 e. The lowest BCUT2D eigenvalue weighted by molar-refractivity contribution is -0.113. The number of hydrogen-bond acceptors (Lipinski definition) is 5. The molecule has 0 unspecified atom stereocenters. The van der Waals surface area contributed by atoms with Gasteiger partial charge in [-0.2, -0.15) is 0 Å². The van der Waals surface area contributed by atoms with E-state index in [0.717, 1.165) is 0 Å². The topological polar surface area (TPSA) is 88.9 Å². The van der Waals surface area contributed by atoms with Crippen molar-refractivity contribution in [3.8, 4) is 0 Å². The zero-order valence-electron chi connectivity index (χ0n) is 19.8. The summed E-state index contributed by atoms with van der Waals surface area (Å²) in [6.45, 7) is 8.35. The Kier molecular flexibility index (Phi) is 10.2. The summed E-state index contributed by atoms with van der Waals surface area (Å²) in [5, 5.41) is 16.4. The summed E-state index contributed by atoms with van der Waals surface area (Å²) in [5.74, 6) is 0.418. The molecule has 0 aliphatic carbocycles. The van der Waals surface area contributed by atoms with Gasteiger partial charge in [-0.05, 0) is 54.8 Å². The lowest BCUT2D eigenvalue weighted by Gasteiger charge is -2.21. The van der Waals surface area contributed by atoms with Crippen molar-refractivity contribution in [3.05, 3.63) is 81.6 Å². The van der Waals surface area contributed by atoms with Crippen LogP contribution in [-0.2, 0) is 11.3 Å². The van der Waals surface area contributed by atoms with Gasteiger partial charge in [0, 0.05) is 22.3 Å². The number of aromatic nitrogens is 3. The maximum absolute atomic E-state index is 13.0. The Balaban J connectivity index is 1.78. The SMILES string of the molecule is C=CCn1c(SCC(=O)Nc2ccc(Cl)cc2)nnc1[C@@H](CC(C)C)NC(=O)c1ccc(Cl)cc1Cl. The molecule has 2 amide bonds. The molecule has 3 aromatic rings. The van der Waals surface area contributed by atoms with Crippen molar-refractivity contribution in [3.63, 3.8) is 0 Å². The van der Waals surface area contributed by atoms with Crippen molar-refractivity contribution in [1.29, 1.82) is 0 Å². The van der Waals surface area contributed by atoms with Gasteiger partial charge in [0.2, 0.25) is 5.91 Å². The van der Waals surface area contributed by atoms with E-state index in [1.807, 2.05) is 4.57 Å². The summed E-state index contributed by atoms with van der Waals surface area (Å²) in [4.78, 5) is 25.5. The van der Waals surface area contributed by atoms with E-state index in [-0.39, 0.29) is 28.5 Å². The van der Waals surface area contributed by atoms with E-state index >= 15 is 0 Å². The van der Waals surface area contributed by atoms with Gasteiger partial charge in [0.15, 0.2) is 11.0 Å². The fourth-order valence-electron chi connectivity index (χ4n) is 3.44. The van der Waals surface area contributed by atoms with Crippen molar-refractivity contribution in [2.24, 2.45) is 5.92 Å². The third-order valence-corrected chi connectivity index (χ3v) is 6.78. The van der Waals surface area contributed by atoms with Crippen molar-refractivity contribution in [2.45, 2.75) is 38.0 Å². The van der Waals surface area contributed by atoms with E-state index in [4.69, 9.17) is 34.8 Å². The Morgan fingerprint density at radius 3 is 2.42 bits per heavy atom. The second-order valence-corrected chi connectivity index (χ2v) is 10.6. The van der Waals surface area contributed by atoms with Crippen LogP contribution in [-0.4, -0.2) is 32.3 Å². The highest BCUT2D eigenvalue weighted by Gasteiger charge is 2.25. The zero-order chi connectivity index (χ0) is 26.2. The third-order valence-electron chi connectivity index (χ3n) is 5.02. The van der Waals surface area contributed by atoms with Gasteiger partial charge in [-0.25, -0.2) is 0 Å². The normalized spacial score (nSPS) is 11.8. The van der Waals surface area contributed by atoms with Crippen LogP contribution in [0, 0.1) is 5.92 Å². The number of halogens is 3. The van der Waals surface area contributed by atoms with E-state index in [0.29, 0.717) is 45.2 Å². The molecule has 0 saturated carbocycles. The minimum Gasteiger partial charge on any atom is -0.342 e. The number of nitrogens with one attached hydrogen (secondary N) is 2. The third kappa shape index (κ3) is 7.74. The average Bonchev–Trinajstić information content (AvgIpc) is 3.21. The Morgan fingerprint density at radius 1 is 1.08 bits per heavy atom. The highest BCUT2D eigenvalue weighted by molar-refractivity contribution is 7.99. The number of carbonyl (C=O) groups is 2. The summed E-state index contributed by atoms with van der Waals surface area (Å²) >= 11 is 19.4. The second-order valence-electron chi connectivity index (χ2n) is 8.36. The molecule has 11 heteroatoms. The van der Waals surface area contributed by atoms with Gasteiger partial charge in [0.05, 0.1) is 22.4 Å². The van der Waals surface area contributed by atoms with Gasteiger partial charge in [0.25, 0.3) is 5.91 Å². The number of hydrogen-bond donors (Lipinski definition) is 2. The molecule has 1 atom stereocenters. The molecule has 0 saturated heterocycles. The van der Waals surface area contributed by atoms with E-state index in [1.165, 1.54) is 17.8 Å². The lowest BCUT2D eigenvalue weighted by atomic mass is 10.0. The zero-order valence-corrected chi connectivity index (χ0v) is 22.9. The summed E-state index contributed by atoms with van der Waals surface area (Å²) in [6, 6.07) is 11.2. The first-order valence-corrected chi connectivity index (χ1v) is 13.3. The van der Waals surface area contributed by atoms with Crippen LogP contribution in [0.4, 0.5) is 5.69 Å². The smallest absolute Gasteiger partial charge is 0.253 e. The molecule has 0 radical (unpaired) electrons. The Bertz CT molecular complexity index is 1230. The van der Waals surface area contributed by atoms with E-state index in [2.05, 4.69) is 41.3 Å². The minimum absolute atomic E-state index is 0.124. The molecular weight excluding hydrogens is 541 g/mol. The number of amides is 2. The van der Waals surface area contributed by atoms with E-state index in [1.54, 1.807) is 42.5 Å². The molecule has 2 aromatic carbocycles. The highest BCUT2D eigenvalue weighted by atomic mass is 35.5. The molecule has 0 spiro atoms. The van der Waals surface area contributed by atoms with Gasteiger partial charge in [-0.1, -0.05) is 66.5 Å². The van der Waals surface area contributed by atoms with Crippen LogP contribution in [0.1, 0.15) is 42.5 Å². The molecule has 3 rings (SSSR count). The maximum Gasteiger partial charge on any atom is 0.253 e. The van der Waals surface area contributed by atoms with Crippen molar-refractivity contribution in [2.75, 3.05) is 11.1 Å². The monoisotopic (exact) mass is 565 g/mol. The van der Waals surface area contributed by atoms with Crippen LogP contribution >= 0.6 is 46.6 Å². The first-order chi connectivity index (χ1) is 17.2. The molecule has 36 heavy (non-hydrogen) atoms. The summed E-state index contributed by atoms with van der Waals surface area (Å²) in [6.07, 6.45) is 2.34.